The van der Waals surface area contributed by atoms with Crippen molar-refractivity contribution < 1.29 is 9.53 Å². The lowest BCUT2D eigenvalue weighted by Gasteiger charge is -2.36. The Labute approximate surface area is 126 Å². The SMILES string of the molecule is CCCCOCC(=O)N1CCN(c2ccnc(C)c2)CC1. The van der Waals surface area contributed by atoms with E-state index in [4.69, 9.17) is 4.74 Å². The molecule has 5 nitrogen and oxygen atoms in total. The number of ether oxygens (including phenoxy) is 1. The van der Waals surface area contributed by atoms with E-state index >= 15 is 0 Å². The van der Waals surface area contributed by atoms with E-state index in [9.17, 15) is 4.79 Å². The van der Waals surface area contributed by atoms with Crippen LogP contribution >= 0.6 is 0 Å². The fraction of sp³-hybridized carbons (Fsp3) is 0.625. The Morgan fingerprint density at radius 3 is 2.76 bits per heavy atom. The average molecular weight is 291 g/mol. The highest BCUT2D eigenvalue weighted by Gasteiger charge is 2.21. The lowest BCUT2D eigenvalue weighted by molar-refractivity contribution is -0.136. The molecule has 0 unspecified atom stereocenters. The van der Waals surface area contributed by atoms with Gasteiger partial charge in [0.1, 0.15) is 6.61 Å². The summed E-state index contributed by atoms with van der Waals surface area (Å²) in [4.78, 5) is 20.5. The van der Waals surface area contributed by atoms with Crippen molar-refractivity contribution >= 4 is 11.6 Å². The topological polar surface area (TPSA) is 45.7 Å². The van der Waals surface area contributed by atoms with Crippen LogP contribution in [0.2, 0.25) is 0 Å². The van der Waals surface area contributed by atoms with Crippen molar-refractivity contribution in [2.45, 2.75) is 26.7 Å². The molecular formula is C16H25N3O2. The number of carbonyl (C=O) groups is 1. The molecule has 0 N–H and O–H groups in total. The minimum absolute atomic E-state index is 0.108. The number of aryl methyl sites for hydroxylation is 1. The summed E-state index contributed by atoms with van der Waals surface area (Å²) in [6.07, 6.45) is 3.95. The normalized spacial score (nSPS) is 15.3. The minimum Gasteiger partial charge on any atom is -0.372 e. The quantitative estimate of drug-likeness (QED) is 0.751. The van der Waals surface area contributed by atoms with Gasteiger partial charge in [0.2, 0.25) is 5.91 Å². The fourth-order valence-corrected chi connectivity index (χ4v) is 2.44. The first-order valence-electron chi connectivity index (χ1n) is 7.74. The third-order valence-electron chi connectivity index (χ3n) is 3.75. The zero-order chi connectivity index (χ0) is 15.1. The van der Waals surface area contributed by atoms with Crippen LogP contribution in [0.15, 0.2) is 18.3 Å². The summed E-state index contributed by atoms with van der Waals surface area (Å²) in [7, 11) is 0. The lowest BCUT2D eigenvalue weighted by Crippen LogP contribution is -2.49. The maximum absolute atomic E-state index is 12.0. The van der Waals surface area contributed by atoms with Gasteiger partial charge in [0, 0.05) is 50.4 Å². The monoisotopic (exact) mass is 291 g/mol. The van der Waals surface area contributed by atoms with Crippen LogP contribution in [0.25, 0.3) is 0 Å². The molecule has 2 heterocycles. The lowest BCUT2D eigenvalue weighted by atomic mass is 10.2. The molecule has 1 aromatic heterocycles. The molecule has 0 spiro atoms. The van der Waals surface area contributed by atoms with E-state index in [1.807, 2.05) is 24.1 Å². The van der Waals surface area contributed by atoms with Crippen molar-refractivity contribution in [3.8, 4) is 0 Å². The second kappa shape index (κ2) is 7.98. The molecule has 0 bridgehead atoms. The van der Waals surface area contributed by atoms with Gasteiger partial charge in [-0.1, -0.05) is 13.3 Å². The molecule has 1 saturated heterocycles. The van der Waals surface area contributed by atoms with Crippen LogP contribution in [-0.2, 0) is 9.53 Å². The Morgan fingerprint density at radius 2 is 2.10 bits per heavy atom. The van der Waals surface area contributed by atoms with E-state index < -0.39 is 0 Å². The second-order valence-electron chi connectivity index (χ2n) is 5.43. The second-order valence-corrected chi connectivity index (χ2v) is 5.43. The molecule has 1 amide bonds. The van der Waals surface area contributed by atoms with Gasteiger partial charge in [-0.3, -0.25) is 9.78 Å². The molecule has 1 aliphatic heterocycles. The molecule has 116 valence electrons. The Balaban J connectivity index is 1.76. The van der Waals surface area contributed by atoms with E-state index in [2.05, 4.69) is 22.9 Å². The van der Waals surface area contributed by atoms with E-state index in [0.29, 0.717) is 6.61 Å². The molecule has 0 aliphatic carbocycles. The zero-order valence-electron chi connectivity index (χ0n) is 13.0. The Hall–Kier alpha value is -1.62. The van der Waals surface area contributed by atoms with Crippen molar-refractivity contribution in [3.63, 3.8) is 0 Å². The van der Waals surface area contributed by atoms with Crippen molar-refractivity contribution in [3.05, 3.63) is 24.0 Å². The highest BCUT2D eigenvalue weighted by atomic mass is 16.5. The Morgan fingerprint density at radius 1 is 1.33 bits per heavy atom. The summed E-state index contributed by atoms with van der Waals surface area (Å²) >= 11 is 0. The highest BCUT2D eigenvalue weighted by Crippen LogP contribution is 2.16. The number of hydrogen-bond donors (Lipinski definition) is 0. The molecule has 1 aromatic rings. The van der Waals surface area contributed by atoms with Gasteiger partial charge in [-0.2, -0.15) is 0 Å². The Kier molecular flexibility index (Phi) is 5.99. The van der Waals surface area contributed by atoms with Crippen molar-refractivity contribution in [1.82, 2.24) is 9.88 Å². The molecule has 0 saturated carbocycles. The largest absolute Gasteiger partial charge is 0.372 e. The number of nitrogens with zero attached hydrogens (tertiary/aromatic N) is 3. The zero-order valence-corrected chi connectivity index (χ0v) is 13.0. The average Bonchev–Trinajstić information content (AvgIpc) is 2.51. The summed E-state index contributed by atoms with van der Waals surface area (Å²) in [6.45, 7) is 8.26. The number of anilines is 1. The first-order chi connectivity index (χ1) is 10.2. The van der Waals surface area contributed by atoms with Gasteiger partial charge < -0.3 is 14.5 Å². The van der Waals surface area contributed by atoms with Gasteiger partial charge in [0.25, 0.3) is 0 Å². The molecule has 0 aromatic carbocycles. The summed E-state index contributed by atoms with van der Waals surface area (Å²) in [5.74, 6) is 0.108. The predicted molar refractivity (Wildman–Crippen MR) is 83.5 cm³/mol. The molecular weight excluding hydrogens is 266 g/mol. The van der Waals surface area contributed by atoms with E-state index in [-0.39, 0.29) is 12.5 Å². The molecule has 0 atom stereocenters. The van der Waals surface area contributed by atoms with Crippen LogP contribution in [0, 0.1) is 6.92 Å². The Bertz CT molecular complexity index is 457. The van der Waals surface area contributed by atoms with Crippen LogP contribution in [0.5, 0.6) is 0 Å². The maximum Gasteiger partial charge on any atom is 0.248 e. The molecule has 5 heteroatoms. The van der Waals surface area contributed by atoms with Gasteiger partial charge in [-0.05, 0) is 25.5 Å². The van der Waals surface area contributed by atoms with E-state index in [1.165, 1.54) is 5.69 Å². The molecule has 0 radical (unpaired) electrons. The number of unbranched alkanes of at least 4 members (excludes halogenated alkanes) is 1. The van der Waals surface area contributed by atoms with Crippen molar-refractivity contribution in [2.75, 3.05) is 44.3 Å². The maximum atomic E-state index is 12.0. The number of rotatable bonds is 6. The van der Waals surface area contributed by atoms with Crippen LogP contribution in [0.4, 0.5) is 5.69 Å². The van der Waals surface area contributed by atoms with Crippen LogP contribution in [-0.4, -0.2) is 55.2 Å². The first kappa shape index (κ1) is 15.8. The minimum atomic E-state index is 0.108. The summed E-state index contributed by atoms with van der Waals surface area (Å²) < 4.78 is 5.40. The van der Waals surface area contributed by atoms with Crippen LogP contribution in [0.3, 0.4) is 0 Å². The molecule has 2 rings (SSSR count). The number of pyridine rings is 1. The van der Waals surface area contributed by atoms with Crippen LogP contribution in [0.1, 0.15) is 25.5 Å². The predicted octanol–water partition coefficient (Wildman–Crippen LogP) is 1.86. The van der Waals surface area contributed by atoms with Gasteiger partial charge in [0.05, 0.1) is 0 Å². The number of aromatic nitrogens is 1. The van der Waals surface area contributed by atoms with Crippen molar-refractivity contribution in [2.24, 2.45) is 0 Å². The molecule has 1 aliphatic rings. The summed E-state index contributed by atoms with van der Waals surface area (Å²) in [5, 5.41) is 0. The van der Waals surface area contributed by atoms with E-state index in [1.54, 1.807) is 0 Å². The standard InChI is InChI=1S/C16H25N3O2/c1-3-4-11-21-13-16(20)19-9-7-18(8-10-19)15-5-6-17-14(2)12-15/h5-6,12H,3-4,7-11,13H2,1-2H3. The third-order valence-corrected chi connectivity index (χ3v) is 3.75. The summed E-state index contributed by atoms with van der Waals surface area (Å²) in [5.41, 5.74) is 2.21. The van der Waals surface area contributed by atoms with E-state index in [0.717, 1.165) is 44.7 Å². The van der Waals surface area contributed by atoms with Crippen molar-refractivity contribution in [1.29, 1.82) is 0 Å². The third kappa shape index (κ3) is 4.70. The fourth-order valence-electron chi connectivity index (χ4n) is 2.44. The van der Waals surface area contributed by atoms with Gasteiger partial charge in [-0.25, -0.2) is 0 Å². The smallest absolute Gasteiger partial charge is 0.248 e. The summed E-state index contributed by atoms with van der Waals surface area (Å²) in [6, 6.07) is 4.11. The van der Waals surface area contributed by atoms with Gasteiger partial charge in [0.15, 0.2) is 0 Å². The van der Waals surface area contributed by atoms with Crippen LogP contribution < -0.4 is 4.90 Å². The number of carbonyl (C=O) groups excluding carboxylic acids is 1. The molecule has 1 fully saturated rings. The highest BCUT2D eigenvalue weighted by molar-refractivity contribution is 5.77. The number of amides is 1. The molecule has 21 heavy (non-hydrogen) atoms. The van der Waals surface area contributed by atoms with Gasteiger partial charge in [-0.15, -0.1) is 0 Å². The van der Waals surface area contributed by atoms with Gasteiger partial charge >= 0.3 is 0 Å². The number of piperazine rings is 1. The number of hydrogen-bond acceptors (Lipinski definition) is 4. The first-order valence-corrected chi connectivity index (χ1v) is 7.74.